The van der Waals surface area contributed by atoms with Crippen molar-refractivity contribution in [3.8, 4) is 23.0 Å². The van der Waals surface area contributed by atoms with Crippen LogP contribution in [0.5, 0.6) is 23.0 Å². The number of hydrogen-bond acceptors (Lipinski definition) is 7. The number of phenolic OH excluding ortho intramolecular Hbond substituents is 1. The summed E-state index contributed by atoms with van der Waals surface area (Å²) in [6, 6.07) is 18.5. The summed E-state index contributed by atoms with van der Waals surface area (Å²) in [7, 11) is 2.98. The fourth-order valence-electron chi connectivity index (χ4n) is 4.20. The number of hydrogen-bond donors (Lipinski definition) is 2. The number of phenols is 1. The molecule has 5 rings (SSSR count). The highest BCUT2D eigenvalue weighted by Crippen LogP contribution is 2.45. The highest BCUT2D eigenvalue weighted by atomic mass is 16.5. The van der Waals surface area contributed by atoms with Gasteiger partial charge in [0, 0.05) is 5.69 Å². The van der Waals surface area contributed by atoms with Gasteiger partial charge in [0.05, 0.1) is 31.1 Å². The average Bonchev–Trinajstić information content (AvgIpc) is 3.27. The van der Waals surface area contributed by atoms with Crippen LogP contribution in [-0.4, -0.2) is 31.3 Å². The second kappa shape index (κ2) is 8.47. The number of anilines is 1. The summed E-state index contributed by atoms with van der Waals surface area (Å²) in [5.41, 5.74) is 1.12. The maximum atomic E-state index is 13.4. The van der Waals surface area contributed by atoms with E-state index in [2.05, 4.69) is 5.32 Å². The molecule has 3 aromatic carbocycles. The number of ether oxygens (including phenoxy) is 3. The third-order valence-corrected chi connectivity index (χ3v) is 5.84. The van der Waals surface area contributed by atoms with Gasteiger partial charge in [-0.15, -0.1) is 0 Å². The molecular weight excluding hydrogens is 438 g/mol. The number of carbonyl (C=O) groups excluding carboxylic acids is 1. The monoisotopic (exact) mass is 459 g/mol. The van der Waals surface area contributed by atoms with Gasteiger partial charge in [0.25, 0.3) is 5.91 Å². The van der Waals surface area contributed by atoms with E-state index in [1.807, 2.05) is 0 Å². The molecule has 2 atom stereocenters. The molecule has 8 nitrogen and oxygen atoms in total. The van der Waals surface area contributed by atoms with Gasteiger partial charge in [-0.05, 0) is 54.1 Å². The van der Waals surface area contributed by atoms with Gasteiger partial charge in [-0.3, -0.25) is 4.79 Å². The van der Waals surface area contributed by atoms with Crippen molar-refractivity contribution in [1.82, 2.24) is 0 Å². The van der Waals surface area contributed by atoms with Crippen molar-refractivity contribution < 1.29 is 28.5 Å². The molecule has 1 amide bonds. The number of methoxy groups -OCH3 is 2. The van der Waals surface area contributed by atoms with E-state index < -0.39 is 23.6 Å². The van der Waals surface area contributed by atoms with Crippen LogP contribution in [0, 0.1) is 0 Å². The van der Waals surface area contributed by atoms with Crippen molar-refractivity contribution in [2.45, 2.75) is 12.0 Å². The molecule has 0 saturated carbocycles. The third-order valence-electron chi connectivity index (χ3n) is 5.84. The maximum absolute atomic E-state index is 13.4. The minimum Gasteiger partial charge on any atom is -0.504 e. The predicted molar refractivity (Wildman–Crippen MR) is 125 cm³/mol. The minimum absolute atomic E-state index is 0.0600. The average molecular weight is 459 g/mol. The van der Waals surface area contributed by atoms with E-state index in [0.717, 1.165) is 0 Å². The lowest BCUT2D eigenvalue weighted by atomic mass is 9.88. The molecule has 0 unspecified atom stereocenters. The van der Waals surface area contributed by atoms with Crippen LogP contribution >= 0.6 is 0 Å². The van der Waals surface area contributed by atoms with E-state index in [4.69, 9.17) is 18.6 Å². The van der Waals surface area contributed by atoms with Crippen molar-refractivity contribution in [3.63, 3.8) is 0 Å². The number of carbonyl (C=O) groups is 1. The molecule has 172 valence electrons. The van der Waals surface area contributed by atoms with E-state index in [-0.39, 0.29) is 17.1 Å². The summed E-state index contributed by atoms with van der Waals surface area (Å²) < 4.78 is 22.1. The summed E-state index contributed by atoms with van der Waals surface area (Å²) >= 11 is 0. The third kappa shape index (κ3) is 3.59. The number of rotatable bonds is 5. The summed E-state index contributed by atoms with van der Waals surface area (Å²) in [6.07, 6.45) is -1.07. The maximum Gasteiger partial charge on any atom is 0.344 e. The molecule has 1 aliphatic heterocycles. The summed E-state index contributed by atoms with van der Waals surface area (Å²) in [5.74, 6) is -0.120. The molecule has 0 bridgehead atoms. The number of nitrogens with one attached hydrogen (secondary N) is 1. The zero-order valence-corrected chi connectivity index (χ0v) is 18.4. The number of amides is 1. The lowest BCUT2D eigenvalue weighted by Crippen LogP contribution is -2.35. The van der Waals surface area contributed by atoms with Gasteiger partial charge >= 0.3 is 5.63 Å². The molecule has 8 heteroatoms. The highest BCUT2D eigenvalue weighted by Gasteiger charge is 2.44. The first-order chi connectivity index (χ1) is 16.5. The van der Waals surface area contributed by atoms with Gasteiger partial charge in [0.1, 0.15) is 17.1 Å². The molecule has 0 spiro atoms. The quantitative estimate of drug-likeness (QED) is 0.434. The largest absolute Gasteiger partial charge is 0.504 e. The molecule has 0 radical (unpaired) electrons. The zero-order chi connectivity index (χ0) is 23.8. The first kappa shape index (κ1) is 21.4. The first-order valence-electron chi connectivity index (χ1n) is 10.5. The van der Waals surface area contributed by atoms with E-state index >= 15 is 0 Å². The van der Waals surface area contributed by atoms with E-state index in [0.29, 0.717) is 33.7 Å². The molecule has 2 heterocycles. The van der Waals surface area contributed by atoms with Crippen LogP contribution in [0.4, 0.5) is 5.69 Å². The molecule has 34 heavy (non-hydrogen) atoms. The van der Waals surface area contributed by atoms with Gasteiger partial charge in [-0.25, -0.2) is 4.79 Å². The molecule has 4 aromatic rings. The Morgan fingerprint density at radius 3 is 2.50 bits per heavy atom. The number of aromatic hydroxyl groups is 1. The molecular formula is C26H21NO7. The number of benzene rings is 3. The fraction of sp³-hybridized carbons (Fsp3) is 0.154. The predicted octanol–water partition coefficient (Wildman–Crippen LogP) is 4.05. The second-order valence-corrected chi connectivity index (χ2v) is 7.79. The van der Waals surface area contributed by atoms with Crippen molar-refractivity contribution in [1.29, 1.82) is 0 Å². The van der Waals surface area contributed by atoms with Gasteiger partial charge in [0.15, 0.2) is 17.6 Å². The Morgan fingerprint density at radius 2 is 1.76 bits per heavy atom. The number of fused-ring (bicyclic) bond motifs is 3. The topological polar surface area (TPSA) is 107 Å². The normalized spacial score (nSPS) is 16.5. The van der Waals surface area contributed by atoms with Gasteiger partial charge in [-0.2, -0.15) is 0 Å². The van der Waals surface area contributed by atoms with Gasteiger partial charge in [0.2, 0.25) is 0 Å². The molecule has 0 saturated heterocycles. The number of para-hydroxylation sites is 1. The smallest absolute Gasteiger partial charge is 0.344 e. The Bertz CT molecular complexity index is 1440. The van der Waals surface area contributed by atoms with Crippen LogP contribution in [0.25, 0.3) is 11.0 Å². The van der Waals surface area contributed by atoms with Crippen LogP contribution in [0.2, 0.25) is 0 Å². The molecule has 1 aromatic heterocycles. The van der Waals surface area contributed by atoms with Crippen molar-refractivity contribution in [2.75, 3.05) is 19.5 Å². The molecule has 0 aliphatic carbocycles. The molecule has 1 aliphatic rings. The minimum atomic E-state index is -1.07. The zero-order valence-electron chi connectivity index (χ0n) is 18.4. The summed E-state index contributed by atoms with van der Waals surface area (Å²) in [4.78, 5) is 26.5. The lowest BCUT2D eigenvalue weighted by molar-refractivity contribution is -0.122. The van der Waals surface area contributed by atoms with Crippen molar-refractivity contribution in [3.05, 3.63) is 88.3 Å². The Morgan fingerprint density at radius 1 is 1.00 bits per heavy atom. The Labute approximate surface area is 194 Å². The van der Waals surface area contributed by atoms with E-state index in [9.17, 15) is 14.7 Å². The van der Waals surface area contributed by atoms with E-state index in [1.54, 1.807) is 67.8 Å². The summed E-state index contributed by atoms with van der Waals surface area (Å²) in [5, 5.41) is 13.5. The SMILES string of the molecule is COc1ccc(NC(=O)[C@@H]2Oc3c(c(=O)oc4ccccc34)[C@@H]2c2ccc(O)c(OC)c2)cc1. The van der Waals surface area contributed by atoms with Crippen LogP contribution < -0.4 is 25.2 Å². The molecule has 0 fully saturated rings. The van der Waals surface area contributed by atoms with Crippen molar-refractivity contribution >= 4 is 22.6 Å². The Balaban J connectivity index is 1.62. The second-order valence-electron chi connectivity index (χ2n) is 7.79. The standard InChI is InChI=1S/C26H21NO7/c1-31-16-10-8-15(9-11-16)27-25(29)24-21(14-7-12-18(28)20(13-14)32-2)22-23(34-24)17-5-3-4-6-19(17)33-26(22)30/h3-13,21,24,28H,1-2H3,(H,27,29)/t21-,24+/m0/s1. The first-order valence-corrected chi connectivity index (χ1v) is 10.5. The molecule has 2 N–H and O–H groups in total. The Hall–Kier alpha value is -4.46. The van der Waals surface area contributed by atoms with Crippen LogP contribution in [0.3, 0.4) is 0 Å². The van der Waals surface area contributed by atoms with Gasteiger partial charge in [-0.1, -0.05) is 18.2 Å². The lowest BCUT2D eigenvalue weighted by Gasteiger charge is -2.19. The fourth-order valence-corrected chi connectivity index (χ4v) is 4.20. The highest BCUT2D eigenvalue weighted by molar-refractivity contribution is 5.97. The summed E-state index contributed by atoms with van der Waals surface area (Å²) in [6.45, 7) is 0. The van der Waals surface area contributed by atoms with Crippen LogP contribution in [-0.2, 0) is 4.79 Å². The van der Waals surface area contributed by atoms with E-state index in [1.165, 1.54) is 13.2 Å². The Kier molecular flexibility index (Phi) is 5.33. The van der Waals surface area contributed by atoms with Crippen LogP contribution in [0.1, 0.15) is 17.0 Å². The van der Waals surface area contributed by atoms with Gasteiger partial charge < -0.3 is 29.1 Å². The van der Waals surface area contributed by atoms with Crippen molar-refractivity contribution in [2.24, 2.45) is 0 Å². The van der Waals surface area contributed by atoms with Crippen LogP contribution in [0.15, 0.2) is 75.9 Å².